The number of carbonyl (C=O) groups is 1. The van der Waals surface area contributed by atoms with Crippen molar-refractivity contribution in [2.45, 2.75) is 27.7 Å². The standard InChI is InChI=1S/C12H17NO/c1-8-9(2)11(4)12(10(8)3)5-6-13-7-14/h5-7,10H,1-4H3,(H,13,14)/q-2. The summed E-state index contributed by atoms with van der Waals surface area (Å²) in [5.74, 6) is 1.80. The predicted octanol–water partition coefficient (Wildman–Crippen LogP) is 2.40. The second-order valence-corrected chi connectivity index (χ2v) is 3.73. The fourth-order valence-electron chi connectivity index (χ4n) is 1.84. The Morgan fingerprint density at radius 3 is 2.57 bits per heavy atom. The molecule has 0 aromatic rings. The van der Waals surface area contributed by atoms with E-state index >= 15 is 0 Å². The van der Waals surface area contributed by atoms with Gasteiger partial charge in [0.1, 0.15) is 0 Å². The summed E-state index contributed by atoms with van der Waals surface area (Å²) in [6.07, 6.45) is 2.66. The van der Waals surface area contributed by atoms with Crippen LogP contribution in [-0.4, -0.2) is 6.41 Å². The molecule has 0 aromatic heterocycles. The highest BCUT2D eigenvalue weighted by molar-refractivity contribution is 5.53. The molecule has 0 aromatic carbocycles. The number of allylic oxidation sites excluding steroid dienone is 3. The van der Waals surface area contributed by atoms with E-state index in [1.807, 2.05) is 6.08 Å². The maximum Gasteiger partial charge on any atom is 0.194 e. The van der Waals surface area contributed by atoms with E-state index in [-0.39, 0.29) is 0 Å². The molecule has 0 bridgehead atoms. The molecule has 1 rings (SSSR count). The average molecular weight is 191 g/mol. The number of carbonyl (C=O) groups excluding carboxylic acids is 1. The molecule has 0 heterocycles. The van der Waals surface area contributed by atoms with Crippen molar-refractivity contribution in [1.82, 2.24) is 5.32 Å². The molecule has 2 heteroatoms. The van der Waals surface area contributed by atoms with Crippen LogP contribution in [0.25, 0.3) is 0 Å². The number of nitrogens with one attached hydrogen (secondary N) is 1. The lowest BCUT2D eigenvalue weighted by atomic mass is 9.94. The van der Waals surface area contributed by atoms with E-state index in [1.165, 1.54) is 22.6 Å². The number of hydrogen-bond donors (Lipinski definition) is 1. The maximum atomic E-state index is 10.1. The molecule has 0 aliphatic heterocycles. The van der Waals surface area contributed by atoms with Gasteiger partial charge < -0.3 is 17.0 Å². The second kappa shape index (κ2) is 4.27. The van der Waals surface area contributed by atoms with Gasteiger partial charge >= 0.3 is 0 Å². The second-order valence-electron chi connectivity index (χ2n) is 3.73. The average Bonchev–Trinajstić information content (AvgIpc) is 2.35. The smallest absolute Gasteiger partial charge is 0.194 e. The van der Waals surface area contributed by atoms with Crippen LogP contribution in [0, 0.1) is 18.4 Å². The lowest BCUT2D eigenvalue weighted by molar-refractivity contribution is -0.108. The van der Waals surface area contributed by atoms with Crippen molar-refractivity contribution in [3.05, 3.63) is 35.3 Å². The maximum absolute atomic E-state index is 10.1. The van der Waals surface area contributed by atoms with Crippen LogP contribution in [0.4, 0.5) is 0 Å². The van der Waals surface area contributed by atoms with Gasteiger partial charge in [0.15, 0.2) is 6.41 Å². The van der Waals surface area contributed by atoms with E-state index in [2.05, 4.69) is 33.0 Å². The Balaban J connectivity index is 2.75. The molecule has 0 saturated heterocycles. The Morgan fingerprint density at radius 1 is 1.50 bits per heavy atom. The van der Waals surface area contributed by atoms with Gasteiger partial charge in [0.25, 0.3) is 0 Å². The Morgan fingerprint density at radius 2 is 2.14 bits per heavy atom. The highest BCUT2D eigenvalue weighted by Gasteiger charge is 2.11. The lowest BCUT2D eigenvalue weighted by Crippen LogP contribution is -2.06. The molecule has 1 aliphatic rings. The van der Waals surface area contributed by atoms with Crippen molar-refractivity contribution >= 4 is 6.41 Å². The van der Waals surface area contributed by atoms with E-state index in [4.69, 9.17) is 0 Å². The molecule has 2 nitrogen and oxygen atoms in total. The van der Waals surface area contributed by atoms with Crippen molar-refractivity contribution in [3.8, 4) is 0 Å². The minimum atomic E-state index is 0.472. The van der Waals surface area contributed by atoms with Crippen LogP contribution in [-0.2, 0) is 4.79 Å². The summed E-state index contributed by atoms with van der Waals surface area (Å²) < 4.78 is 0. The summed E-state index contributed by atoms with van der Waals surface area (Å²) in [4.78, 5) is 10.1. The Hall–Kier alpha value is -1.31. The van der Waals surface area contributed by atoms with Crippen molar-refractivity contribution in [1.29, 1.82) is 0 Å². The van der Waals surface area contributed by atoms with E-state index in [0.717, 1.165) is 0 Å². The third kappa shape index (κ3) is 1.79. The first-order valence-corrected chi connectivity index (χ1v) is 4.84. The molecule has 1 N–H and O–H groups in total. The van der Waals surface area contributed by atoms with Crippen LogP contribution in [0.15, 0.2) is 22.8 Å². The van der Waals surface area contributed by atoms with Crippen LogP contribution in [0.2, 0.25) is 0 Å². The first-order valence-electron chi connectivity index (χ1n) is 4.84. The summed E-state index contributed by atoms with van der Waals surface area (Å²) in [6.45, 7) is 10.3. The van der Waals surface area contributed by atoms with E-state index in [0.29, 0.717) is 12.3 Å². The predicted molar refractivity (Wildman–Crippen MR) is 58.0 cm³/mol. The largest absolute Gasteiger partial charge is 0.425 e. The molecule has 0 fully saturated rings. The third-order valence-corrected chi connectivity index (χ3v) is 3.13. The Kier molecular flexibility index (Phi) is 3.28. The quantitative estimate of drug-likeness (QED) is 0.414. The third-order valence-electron chi connectivity index (χ3n) is 3.13. The van der Waals surface area contributed by atoms with Gasteiger partial charge in [-0.25, -0.2) is 5.92 Å². The summed E-state index contributed by atoms with van der Waals surface area (Å²) in [7, 11) is 0. The fourth-order valence-corrected chi connectivity index (χ4v) is 1.84. The molecule has 1 aliphatic carbocycles. The summed E-state index contributed by atoms with van der Waals surface area (Å²) >= 11 is 0. The number of amides is 1. The van der Waals surface area contributed by atoms with Crippen LogP contribution in [0.5, 0.6) is 0 Å². The highest BCUT2D eigenvalue weighted by Crippen LogP contribution is 2.41. The monoisotopic (exact) mass is 191 g/mol. The molecule has 0 spiro atoms. The van der Waals surface area contributed by atoms with Crippen LogP contribution in [0.3, 0.4) is 0 Å². The van der Waals surface area contributed by atoms with Crippen LogP contribution >= 0.6 is 0 Å². The van der Waals surface area contributed by atoms with Gasteiger partial charge in [0.05, 0.1) is 0 Å². The van der Waals surface area contributed by atoms with E-state index < -0.39 is 0 Å². The molecule has 1 unspecified atom stereocenters. The zero-order valence-corrected chi connectivity index (χ0v) is 9.22. The first-order chi connectivity index (χ1) is 6.59. The van der Waals surface area contributed by atoms with Crippen LogP contribution < -0.4 is 5.32 Å². The molecule has 1 amide bonds. The normalized spacial score (nSPS) is 24.4. The van der Waals surface area contributed by atoms with Gasteiger partial charge in [-0.2, -0.15) is 17.7 Å². The lowest BCUT2D eigenvalue weighted by Gasteiger charge is -2.30. The van der Waals surface area contributed by atoms with E-state index in [1.54, 1.807) is 6.54 Å². The van der Waals surface area contributed by atoms with Gasteiger partial charge in [0.2, 0.25) is 0 Å². The van der Waals surface area contributed by atoms with E-state index in [9.17, 15) is 4.79 Å². The SMILES string of the molecule is CC1=C(C)C(C)C(=C[CH-]NC=O)[C-]1C. The number of rotatable bonds is 3. The molecule has 14 heavy (non-hydrogen) atoms. The molecular weight excluding hydrogens is 174 g/mol. The summed E-state index contributed by atoms with van der Waals surface area (Å²) in [5.41, 5.74) is 4.10. The fraction of sp³-hybridized carbons (Fsp3) is 0.417. The Bertz CT molecular complexity index is 269. The van der Waals surface area contributed by atoms with Crippen molar-refractivity contribution < 1.29 is 4.79 Å². The molecule has 0 saturated carbocycles. The van der Waals surface area contributed by atoms with Crippen molar-refractivity contribution in [2.75, 3.05) is 0 Å². The highest BCUT2D eigenvalue weighted by atomic mass is 16.1. The topological polar surface area (TPSA) is 29.1 Å². The van der Waals surface area contributed by atoms with Crippen molar-refractivity contribution in [3.63, 3.8) is 0 Å². The molecule has 1 atom stereocenters. The van der Waals surface area contributed by atoms with Gasteiger partial charge in [0, 0.05) is 0 Å². The summed E-state index contributed by atoms with van der Waals surface area (Å²) in [5, 5.41) is 2.53. The summed E-state index contributed by atoms with van der Waals surface area (Å²) in [6, 6.07) is 0. The first kappa shape index (κ1) is 10.8. The zero-order chi connectivity index (χ0) is 10.7. The number of hydrogen-bond acceptors (Lipinski definition) is 1. The van der Waals surface area contributed by atoms with Crippen molar-refractivity contribution in [2.24, 2.45) is 5.92 Å². The van der Waals surface area contributed by atoms with Crippen LogP contribution in [0.1, 0.15) is 27.7 Å². The van der Waals surface area contributed by atoms with Gasteiger partial charge in [-0.15, -0.1) is 12.8 Å². The van der Waals surface area contributed by atoms with Gasteiger partial charge in [-0.05, 0) is 0 Å². The Labute approximate surface area is 86.1 Å². The minimum Gasteiger partial charge on any atom is -0.425 e. The van der Waals surface area contributed by atoms with Gasteiger partial charge in [-0.3, -0.25) is 4.79 Å². The molecule has 78 valence electrons. The molecule has 0 radical (unpaired) electrons. The zero-order valence-electron chi connectivity index (χ0n) is 9.22. The molecular formula is C12H17NO-2. The van der Waals surface area contributed by atoms with Gasteiger partial charge in [-0.1, -0.05) is 20.8 Å². The minimum absolute atomic E-state index is 0.472.